The number of benzene rings is 2. The molecule has 0 saturated carbocycles. The molecule has 0 spiro atoms. The van der Waals surface area contributed by atoms with Crippen molar-refractivity contribution in [2.24, 2.45) is 0 Å². The monoisotopic (exact) mass is 440 g/mol. The number of ether oxygens (including phenoxy) is 1. The van der Waals surface area contributed by atoms with E-state index in [9.17, 15) is 13.6 Å². The third-order valence-corrected chi connectivity index (χ3v) is 6.35. The molecule has 0 aliphatic carbocycles. The van der Waals surface area contributed by atoms with Crippen LogP contribution in [0.4, 0.5) is 14.5 Å². The summed E-state index contributed by atoms with van der Waals surface area (Å²) >= 11 is 0. The average Bonchev–Trinajstić information content (AvgIpc) is 3.27. The van der Waals surface area contributed by atoms with Gasteiger partial charge >= 0.3 is 0 Å². The van der Waals surface area contributed by atoms with Crippen LogP contribution in [-0.4, -0.2) is 60.2 Å². The molecule has 0 amide bonds. The second kappa shape index (κ2) is 8.86. The van der Waals surface area contributed by atoms with Crippen molar-refractivity contribution in [3.8, 4) is 5.75 Å². The van der Waals surface area contributed by atoms with E-state index in [0.717, 1.165) is 68.2 Å². The molecule has 0 bridgehead atoms. The van der Waals surface area contributed by atoms with E-state index in [4.69, 9.17) is 4.74 Å². The Hall–Kier alpha value is -3.00. The summed E-state index contributed by atoms with van der Waals surface area (Å²) in [6.07, 6.45) is 0.656. The molecule has 1 saturated heterocycles. The molecule has 2 aliphatic heterocycles. The van der Waals surface area contributed by atoms with Gasteiger partial charge in [-0.3, -0.25) is 14.3 Å². The van der Waals surface area contributed by atoms with Crippen molar-refractivity contribution in [3.63, 3.8) is 0 Å². The highest BCUT2D eigenvalue weighted by Gasteiger charge is 2.19. The van der Waals surface area contributed by atoms with Crippen LogP contribution in [0, 0.1) is 0 Å². The van der Waals surface area contributed by atoms with Crippen molar-refractivity contribution in [2.45, 2.75) is 25.8 Å². The molecule has 168 valence electrons. The normalized spacial score (nSPS) is 16.5. The van der Waals surface area contributed by atoms with E-state index >= 15 is 0 Å². The second-order valence-electron chi connectivity index (χ2n) is 8.41. The van der Waals surface area contributed by atoms with Gasteiger partial charge in [0.15, 0.2) is 0 Å². The number of aromatic nitrogens is 2. The van der Waals surface area contributed by atoms with Gasteiger partial charge in [0.2, 0.25) is 0 Å². The third kappa shape index (κ3) is 4.32. The van der Waals surface area contributed by atoms with Crippen molar-refractivity contribution in [1.82, 2.24) is 14.5 Å². The van der Waals surface area contributed by atoms with E-state index in [1.807, 2.05) is 12.1 Å². The van der Waals surface area contributed by atoms with Crippen molar-refractivity contribution in [3.05, 3.63) is 64.2 Å². The number of halogens is 2. The first-order valence-corrected chi connectivity index (χ1v) is 11.1. The highest BCUT2D eigenvalue weighted by Crippen LogP contribution is 2.26. The van der Waals surface area contributed by atoms with Gasteiger partial charge in [-0.1, -0.05) is 12.1 Å². The predicted molar refractivity (Wildman–Crippen MR) is 120 cm³/mol. The van der Waals surface area contributed by atoms with Gasteiger partial charge < -0.3 is 9.64 Å². The fraction of sp³-hybridized carbons (Fsp3) is 0.417. The van der Waals surface area contributed by atoms with Crippen molar-refractivity contribution in [1.29, 1.82) is 0 Å². The molecule has 6 nitrogen and oxygen atoms in total. The number of rotatable bonds is 6. The minimum absolute atomic E-state index is 0.371. The summed E-state index contributed by atoms with van der Waals surface area (Å²) in [4.78, 5) is 21.4. The van der Waals surface area contributed by atoms with Crippen LogP contribution in [0.3, 0.4) is 0 Å². The topological polar surface area (TPSA) is 50.6 Å². The van der Waals surface area contributed by atoms with Crippen LogP contribution in [-0.2, 0) is 19.4 Å². The Morgan fingerprint density at radius 2 is 1.91 bits per heavy atom. The van der Waals surface area contributed by atoms with Crippen molar-refractivity contribution in [2.75, 3.05) is 44.2 Å². The summed E-state index contributed by atoms with van der Waals surface area (Å²) in [6, 6.07) is 12.0. The fourth-order valence-corrected chi connectivity index (χ4v) is 4.53. The summed E-state index contributed by atoms with van der Waals surface area (Å²) in [6.45, 7) is 4.90. The van der Waals surface area contributed by atoms with Gasteiger partial charge in [-0.25, -0.2) is 13.8 Å². The SMILES string of the molecule is O=c1c2ccc(N3CCN(CCc4ccc5c(c4)CCO5)CC3)cc2ncn1CC(F)F. The van der Waals surface area contributed by atoms with Crippen molar-refractivity contribution < 1.29 is 13.5 Å². The Labute approximate surface area is 185 Å². The van der Waals surface area contributed by atoms with Crippen LogP contribution >= 0.6 is 0 Å². The second-order valence-corrected chi connectivity index (χ2v) is 8.41. The van der Waals surface area contributed by atoms with Gasteiger partial charge in [-0.15, -0.1) is 0 Å². The highest BCUT2D eigenvalue weighted by molar-refractivity contribution is 5.81. The van der Waals surface area contributed by atoms with Gasteiger partial charge in [-0.2, -0.15) is 0 Å². The van der Waals surface area contributed by atoms with E-state index in [1.54, 1.807) is 6.07 Å². The van der Waals surface area contributed by atoms with Crippen LogP contribution in [0.25, 0.3) is 10.9 Å². The maximum atomic E-state index is 12.6. The van der Waals surface area contributed by atoms with Gasteiger partial charge in [0.1, 0.15) is 5.75 Å². The molecule has 32 heavy (non-hydrogen) atoms. The molecule has 1 fully saturated rings. The molecule has 2 aromatic carbocycles. The molecule has 3 heterocycles. The van der Waals surface area contributed by atoms with Crippen LogP contribution < -0.4 is 15.2 Å². The fourth-order valence-electron chi connectivity index (χ4n) is 4.53. The highest BCUT2D eigenvalue weighted by atomic mass is 19.3. The first-order chi connectivity index (χ1) is 15.6. The lowest BCUT2D eigenvalue weighted by atomic mass is 10.1. The number of nitrogens with zero attached hydrogens (tertiary/aromatic N) is 4. The van der Waals surface area contributed by atoms with Gasteiger partial charge in [-0.05, 0) is 41.8 Å². The van der Waals surface area contributed by atoms with Crippen LogP contribution in [0.15, 0.2) is 47.5 Å². The minimum atomic E-state index is -2.58. The minimum Gasteiger partial charge on any atom is -0.493 e. The van der Waals surface area contributed by atoms with Gasteiger partial charge in [0, 0.05) is 44.8 Å². The molecular formula is C24H26F2N4O2. The van der Waals surface area contributed by atoms with Crippen molar-refractivity contribution >= 4 is 16.6 Å². The van der Waals surface area contributed by atoms with Crippen LogP contribution in [0.5, 0.6) is 5.75 Å². The zero-order valence-corrected chi connectivity index (χ0v) is 17.8. The maximum Gasteiger partial charge on any atom is 0.261 e. The zero-order valence-electron chi connectivity index (χ0n) is 17.8. The summed E-state index contributed by atoms with van der Waals surface area (Å²) in [7, 11) is 0. The Bertz CT molecular complexity index is 1170. The standard InChI is InChI=1S/C24H26F2N4O2/c25-23(26)15-30-16-27-21-14-19(2-3-20(21)24(30)31)29-10-8-28(9-11-29)7-5-17-1-4-22-18(13-17)6-12-32-22/h1-4,13-14,16,23H,5-12,15H2. The third-order valence-electron chi connectivity index (χ3n) is 6.35. The molecule has 8 heteroatoms. The summed E-state index contributed by atoms with van der Waals surface area (Å²) in [5.41, 5.74) is 3.80. The van der Waals surface area contributed by atoms with E-state index in [2.05, 4.69) is 33.0 Å². The first-order valence-electron chi connectivity index (χ1n) is 11.1. The van der Waals surface area contributed by atoms with Crippen LogP contribution in [0.1, 0.15) is 11.1 Å². The smallest absolute Gasteiger partial charge is 0.261 e. The largest absolute Gasteiger partial charge is 0.493 e. The molecule has 3 aromatic rings. The van der Waals surface area contributed by atoms with E-state index in [-0.39, 0.29) is 0 Å². The molecule has 0 atom stereocenters. The summed E-state index contributed by atoms with van der Waals surface area (Å²) in [5.74, 6) is 1.03. The first kappa shape index (κ1) is 20.9. The molecular weight excluding hydrogens is 414 g/mol. The summed E-state index contributed by atoms with van der Waals surface area (Å²) in [5, 5.41) is 0.371. The molecule has 0 unspecified atom stereocenters. The van der Waals surface area contributed by atoms with E-state index in [1.165, 1.54) is 17.5 Å². The molecule has 1 aromatic heterocycles. The number of hydrogen-bond donors (Lipinski definition) is 0. The Morgan fingerprint density at radius 3 is 2.72 bits per heavy atom. The predicted octanol–water partition coefficient (Wildman–Crippen LogP) is 2.96. The Kier molecular flexibility index (Phi) is 5.78. The lowest BCUT2D eigenvalue weighted by Gasteiger charge is -2.36. The van der Waals surface area contributed by atoms with Gasteiger partial charge in [0.25, 0.3) is 12.0 Å². The van der Waals surface area contributed by atoms with E-state index in [0.29, 0.717) is 10.9 Å². The molecule has 2 aliphatic rings. The van der Waals surface area contributed by atoms with Crippen LogP contribution in [0.2, 0.25) is 0 Å². The van der Waals surface area contributed by atoms with Gasteiger partial charge in [0.05, 0.1) is 30.4 Å². The molecule has 0 radical (unpaired) electrons. The maximum absolute atomic E-state index is 12.6. The quantitative estimate of drug-likeness (QED) is 0.590. The Balaban J connectivity index is 1.19. The number of piperazine rings is 1. The number of anilines is 1. The lowest BCUT2D eigenvalue weighted by Crippen LogP contribution is -2.47. The Morgan fingerprint density at radius 1 is 1.06 bits per heavy atom. The zero-order chi connectivity index (χ0) is 22.1. The number of hydrogen-bond acceptors (Lipinski definition) is 5. The molecule has 0 N–H and O–H groups in total. The summed E-state index contributed by atoms with van der Waals surface area (Å²) < 4.78 is 31.8. The van der Waals surface area contributed by atoms with E-state index < -0.39 is 18.5 Å². The molecule has 5 rings (SSSR count). The number of fused-ring (bicyclic) bond motifs is 2. The lowest BCUT2D eigenvalue weighted by molar-refractivity contribution is 0.125. The number of alkyl halides is 2. The average molecular weight is 440 g/mol.